The molecular weight excluding hydrogens is 265 g/mol. The fraction of sp³-hybridized carbons (Fsp3) is 0.200. The third-order valence-electron chi connectivity index (χ3n) is 2.83. The zero-order chi connectivity index (χ0) is 13.7. The van der Waals surface area contributed by atoms with E-state index in [0.717, 1.165) is 11.3 Å². The van der Waals surface area contributed by atoms with Gasteiger partial charge in [-0.25, -0.2) is 4.39 Å². The summed E-state index contributed by atoms with van der Waals surface area (Å²) in [6, 6.07) is 13.6. The largest absolute Gasteiger partial charge is 0.492 e. The fourth-order valence-electron chi connectivity index (χ4n) is 1.78. The van der Waals surface area contributed by atoms with E-state index in [1.807, 2.05) is 13.1 Å². The number of ether oxygens (including phenoxy) is 1. The zero-order valence-corrected chi connectivity index (χ0v) is 11.3. The van der Waals surface area contributed by atoms with Gasteiger partial charge in [0.15, 0.2) is 0 Å². The first kappa shape index (κ1) is 13.8. The van der Waals surface area contributed by atoms with Gasteiger partial charge in [0, 0.05) is 5.02 Å². The van der Waals surface area contributed by atoms with Gasteiger partial charge >= 0.3 is 0 Å². The van der Waals surface area contributed by atoms with Crippen molar-refractivity contribution in [3.63, 3.8) is 0 Å². The van der Waals surface area contributed by atoms with Crippen LogP contribution in [0.1, 0.15) is 11.6 Å². The van der Waals surface area contributed by atoms with Gasteiger partial charge in [-0.05, 0) is 49.0 Å². The number of nitrogens with one attached hydrogen (secondary N) is 1. The Balaban J connectivity index is 2.01. The summed E-state index contributed by atoms with van der Waals surface area (Å²) >= 11 is 5.81. The highest BCUT2D eigenvalue weighted by Gasteiger charge is 2.10. The number of benzene rings is 2. The maximum absolute atomic E-state index is 13.2. The van der Waals surface area contributed by atoms with Crippen LogP contribution in [0.5, 0.6) is 5.75 Å². The highest BCUT2D eigenvalue weighted by molar-refractivity contribution is 6.30. The minimum absolute atomic E-state index is 0.0635. The van der Waals surface area contributed by atoms with Crippen LogP contribution in [-0.2, 0) is 0 Å². The predicted octanol–water partition coefficient (Wildman–Crippen LogP) is 3.82. The highest BCUT2D eigenvalue weighted by atomic mass is 35.5. The topological polar surface area (TPSA) is 21.3 Å². The van der Waals surface area contributed by atoms with Gasteiger partial charge in [0.1, 0.15) is 18.2 Å². The lowest BCUT2D eigenvalue weighted by atomic mass is 10.1. The molecule has 0 saturated heterocycles. The quantitative estimate of drug-likeness (QED) is 0.898. The Morgan fingerprint density at radius 3 is 2.58 bits per heavy atom. The van der Waals surface area contributed by atoms with Crippen molar-refractivity contribution >= 4 is 11.6 Å². The molecule has 0 heterocycles. The number of hydrogen-bond donors (Lipinski definition) is 1. The molecule has 4 heteroatoms. The number of rotatable bonds is 5. The molecular formula is C15H15ClFNO. The van der Waals surface area contributed by atoms with Gasteiger partial charge in [-0.3, -0.25) is 0 Å². The van der Waals surface area contributed by atoms with Crippen molar-refractivity contribution in [1.29, 1.82) is 0 Å². The number of likely N-dealkylation sites (N-methyl/N-ethyl adjacent to an activating group) is 1. The van der Waals surface area contributed by atoms with E-state index in [-0.39, 0.29) is 11.9 Å². The molecule has 0 amide bonds. The first-order valence-electron chi connectivity index (χ1n) is 6.00. The molecule has 0 radical (unpaired) electrons. The molecule has 0 aliphatic rings. The zero-order valence-electron chi connectivity index (χ0n) is 10.6. The fourth-order valence-corrected chi connectivity index (χ4v) is 1.91. The third-order valence-corrected chi connectivity index (χ3v) is 3.08. The van der Waals surface area contributed by atoms with Crippen LogP contribution >= 0.6 is 11.6 Å². The van der Waals surface area contributed by atoms with Crippen LogP contribution in [0.2, 0.25) is 5.02 Å². The van der Waals surface area contributed by atoms with Crippen LogP contribution in [0.15, 0.2) is 48.5 Å². The van der Waals surface area contributed by atoms with Crippen LogP contribution in [0.3, 0.4) is 0 Å². The summed E-state index contributed by atoms with van der Waals surface area (Å²) in [6.07, 6.45) is 0. The lowest BCUT2D eigenvalue weighted by Crippen LogP contribution is -2.23. The molecule has 2 aromatic rings. The van der Waals surface area contributed by atoms with Gasteiger partial charge in [-0.15, -0.1) is 0 Å². The first-order chi connectivity index (χ1) is 9.19. The van der Waals surface area contributed by atoms with Crippen LogP contribution in [0, 0.1) is 5.82 Å². The monoisotopic (exact) mass is 279 g/mol. The van der Waals surface area contributed by atoms with Crippen molar-refractivity contribution < 1.29 is 9.13 Å². The van der Waals surface area contributed by atoms with E-state index in [1.54, 1.807) is 30.3 Å². The minimum Gasteiger partial charge on any atom is -0.492 e. The summed E-state index contributed by atoms with van der Waals surface area (Å²) in [5.74, 6) is 0.491. The SMILES string of the molecule is CNC(COc1ccc(Cl)cc1)c1cccc(F)c1. The van der Waals surface area contributed by atoms with Gasteiger partial charge < -0.3 is 10.1 Å². The van der Waals surface area contributed by atoms with Crippen molar-refractivity contribution in [3.8, 4) is 5.75 Å². The lowest BCUT2D eigenvalue weighted by Gasteiger charge is -2.17. The van der Waals surface area contributed by atoms with Gasteiger partial charge in [0.25, 0.3) is 0 Å². The summed E-state index contributed by atoms with van der Waals surface area (Å²) in [6.45, 7) is 0.418. The molecule has 1 N–H and O–H groups in total. The summed E-state index contributed by atoms with van der Waals surface area (Å²) in [5.41, 5.74) is 0.858. The van der Waals surface area contributed by atoms with Crippen LogP contribution < -0.4 is 10.1 Å². The average Bonchev–Trinajstić information content (AvgIpc) is 2.42. The molecule has 0 spiro atoms. The smallest absolute Gasteiger partial charge is 0.123 e. The van der Waals surface area contributed by atoms with Crippen molar-refractivity contribution in [2.24, 2.45) is 0 Å². The summed E-state index contributed by atoms with van der Waals surface area (Å²) in [7, 11) is 1.82. The van der Waals surface area contributed by atoms with Crippen LogP contribution in [0.4, 0.5) is 4.39 Å². The van der Waals surface area contributed by atoms with Crippen LogP contribution in [-0.4, -0.2) is 13.7 Å². The Kier molecular flexibility index (Phi) is 4.77. The molecule has 1 atom stereocenters. The van der Waals surface area contributed by atoms with E-state index in [2.05, 4.69) is 5.32 Å². The Labute approximate surface area is 117 Å². The van der Waals surface area contributed by atoms with Crippen molar-refractivity contribution in [1.82, 2.24) is 5.32 Å². The second-order valence-electron chi connectivity index (χ2n) is 4.16. The Morgan fingerprint density at radius 2 is 1.95 bits per heavy atom. The van der Waals surface area contributed by atoms with E-state index < -0.39 is 0 Å². The van der Waals surface area contributed by atoms with E-state index in [0.29, 0.717) is 11.6 Å². The van der Waals surface area contributed by atoms with E-state index >= 15 is 0 Å². The second-order valence-corrected chi connectivity index (χ2v) is 4.60. The Morgan fingerprint density at radius 1 is 1.21 bits per heavy atom. The second kappa shape index (κ2) is 6.55. The molecule has 0 aromatic heterocycles. The lowest BCUT2D eigenvalue weighted by molar-refractivity contribution is 0.273. The molecule has 0 aliphatic heterocycles. The molecule has 100 valence electrons. The molecule has 0 saturated carbocycles. The number of hydrogen-bond acceptors (Lipinski definition) is 2. The minimum atomic E-state index is -0.246. The average molecular weight is 280 g/mol. The first-order valence-corrected chi connectivity index (χ1v) is 6.38. The summed E-state index contributed by atoms with van der Waals surface area (Å²) < 4.78 is 18.9. The van der Waals surface area contributed by atoms with E-state index in [9.17, 15) is 4.39 Å². The van der Waals surface area contributed by atoms with Crippen molar-refractivity contribution in [3.05, 3.63) is 64.9 Å². The number of halogens is 2. The van der Waals surface area contributed by atoms with Crippen LogP contribution in [0.25, 0.3) is 0 Å². The summed E-state index contributed by atoms with van der Waals surface area (Å²) in [5, 5.41) is 3.78. The molecule has 19 heavy (non-hydrogen) atoms. The van der Waals surface area contributed by atoms with E-state index in [4.69, 9.17) is 16.3 Å². The van der Waals surface area contributed by atoms with Gasteiger partial charge in [0.2, 0.25) is 0 Å². The van der Waals surface area contributed by atoms with Gasteiger partial charge in [0.05, 0.1) is 6.04 Å². The maximum Gasteiger partial charge on any atom is 0.123 e. The highest BCUT2D eigenvalue weighted by Crippen LogP contribution is 2.19. The Bertz CT molecular complexity index is 530. The Hall–Kier alpha value is -1.58. The normalized spacial score (nSPS) is 12.2. The molecule has 0 aliphatic carbocycles. The van der Waals surface area contributed by atoms with Gasteiger partial charge in [-0.1, -0.05) is 23.7 Å². The van der Waals surface area contributed by atoms with Crippen molar-refractivity contribution in [2.45, 2.75) is 6.04 Å². The molecule has 1 unspecified atom stereocenters. The molecule has 0 bridgehead atoms. The molecule has 2 rings (SSSR count). The van der Waals surface area contributed by atoms with Crippen molar-refractivity contribution in [2.75, 3.05) is 13.7 Å². The predicted molar refractivity (Wildman–Crippen MR) is 75.1 cm³/mol. The van der Waals surface area contributed by atoms with E-state index in [1.165, 1.54) is 12.1 Å². The molecule has 2 aromatic carbocycles. The van der Waals surface area contributed by atoms with Gasteiger partial charge in [-0.2, -0.15) is 0 Å². The third kappa shape index (κ3) is 3.94. The molecule has 2 nitrogen and oxygen atoms in total. The standard InChI is InChI=1S/C15H15ClFNO/c1-18-15(11-3-2-4-13(17)9-11)10-19-14-7-5-12(16)6-8-14/h2-9,15,18H,10H2,1H3. The maximum atomic E-state index is 13.2. The molecule has 0 fully saturated rings. The summed E-state index contributed by atoms with van der Waals surface area (Å²) in [4.78, 5) is 0.